The van der Waals surface area contributed by atoms with Crippen molar-refractivity contribution >= 4 is 10.0 Å². The minimum absolute atomic E-state index is 0.163. The van der Waals surface area contributed by atoms with Gasteiger partial charge in [0, 0.05) is 37.7 Å². The Morgan fingerprint density at radius 3 is 2.72 bits per heavy atom. The van der Waals surface area contributed by atoms with Crippen LogP contribution in [-0.2, 0) is 17.1 Å². The van der Waals surface area contributed by atoms with E-state index in [0.29, 0.717) is 24.3 Å². The van der Waals surface area contributed by atoms with Crippen LogP contribution in [-0.4, -0.2) is 46.7 Å². The van der Waals surface area contributed by atoms with Crippen LogP contribution in [0.4, 0.5) is 0 Å². The normalized spacial score (nSPS) is 17.2. The summed E-state index contributed by atoms with van der Waals surface area (Å²) in [6.07, 6.45) is 6.36. The second-order valence-corrected chi connectivity index (χ2v) is 8.71. The van der Waals surface area contributed by atoms with Crippen molar-refractivity contribution in [3.63, 3.8) is 0 Å². The highest BCUT2D eigenvalue weighted by Gasteiger charge is 2.35. The Bertz CT molecular complexity index is 1170. The van der Waals surface area contributed by atoms with E-state index in [-0.39, 0.29) is 17.5 Å². The molecule has 3 heterocycles. The topological polar surface area (TPSA) is 101 Å². The number of pyridine rings is 1. The predicted molar refractivity (Wildman–Crippen MR) is 105 cm³/mol. The summed E-state index contributed by atoms with van der Waals surface area (Å²) in [5.74, 6) is 0.465. The molecule has 0 radical (unpaired) electrons. The van der Waals surface area contributed by atoms with Gasteiger partial charge < -0.3 is 4.74 Å². The summed E-state index contributed by atoms with van der Waals surface area (Å²) in [6.45, 7) is 0.563. The molecule has 0 spiro atoms. The van der Waals surface area contributed by atoms with Gasteiger partial charge >= 0.3 is 0 Å². The van der Waals surface area contributed by atoms with Crippen molar-refractivity contribution < 1.29 is 13.2 Å². The maximum Gasteiger partial charge on any atom is 0.246 e. The van der Waals surface area contributed by atoms with Crippen molar-refractivity contribution in [1.82, 2.24) is 19.1 Å². The predicted octanol–water partition coefficient (Wildman–Crippen LogP) is 2.20. The number of aromatic nitrogens is 3. The molecule has 29 heavy (non-hydrogen) atoms. The third-order valence-corrected chi connectivity index (χ3v) is 6.66. The fourth-order valence-corrected chi connectivity index (χ4v) is 4.84. The van der Waals surface area contributed by atoms with Gasteiger partial charge in [0.25, 0.3) is 0 Å². The fraction of sp³-hybridized carbons (Fsp3) is 0.250. The molecule has 1 fully saturated rings. The Balaban J connectivity index is 1.59. The van der Waals surface area contributed by atoms with E-state index in [1.54, 1.807) is 31.6 Å². The second kappa shape index (κ2) is 7.66. The first-order chi connectivity index (χ1) is 14.0. The highest BCUT2D eigenvalue weighted by molar-refractivity contribution is 7.89. The average Bonchev–Trinajstić information content (AvgIpc) is 3.39. The molecule has 9 heteroatoms. The Hall–Kier alpha value is -3.22. The van der Waals surface area contributed by atoms with E-state index < -0.39 is 10.0 Å². The molecule has 1 aliphatic heterocycles. The zero-order valence-electron chi connectivity index (χ0n) is 15.8. The van der Waals surface area contributed by atoms with Crippen LogP contribution in [0, 0.1) is 11.3 Å². The molecule has 0 N–H and O–H groups in total. The lowest BCUT2D eigenvalue weighted by molar-refractivity contribution is 0.216. The van der Waals surface area contributed by atoms with Gasteiger partial charge in [0.15, 0.2) is 0 Å². The summed E-state index contributed by atoms with van der Waals surface area (Å²) in [5, 5.41) is 13.5. The van der Waals surface area contributed by atoms with Gasteiger partial charge in [-0.15, -0.1) is 0 Å². The van der Waals surface area contributed by atoms with Gasteiger partial charge in [-0.3, -0.25) is 9.67 Å². The molecule has 8 nitrogen and oxygen atoms in total. The van der Waals surface area contributed by atoms with E-state index in [9.17, 15) is 13.7 Å². The molecule has 3 aromatic rings. The molecule has 1 aromatic carbocycles. The molecular weight excluding hydrogens is 390 g/mol. The van der Waals surface area contributed by atoms with E-state index >= 15 is 0 Å². The lowest BCUT2D eigenvalue weighted by Gasteiger charge is -2.19. The van der Waals surface area contributed by atoms with Crippen molar-refractivity contribution in [2.75, 3.05) is 13.1 Å². The molecule has 2 aromatic heterocycles. The number of nitriles is 1. The van der Waals surface area contributed by atoms with Gasteiger partial charge in [-0.2, -0.15) is 14.7 Å². The summed E-state index contributed by atoms with van der Waals surface area (Å²) in [7, 11) is -1.95. The van der Waals surface area contributed by atoms with Gasteiger partial charge in [-0.25, -0.2) is 8.42 Å². The molecule has 148 valence electrons. The van der Waals surface area contributed by atoms with Crippen LogP contribution in [0.1, 0.15) is 12.0 Å². The fourth-order valence-electron chi connectivity index (χ4n) is 3.37. The molecule has 1 unspecified atom stereocenters. The highest BCUT2D eigenvalue weighted by Crippen LogP contribution is 2.35. The molecule has 4 rings (SSSR count). The third-order valence-electron chi connectivity index (χ3n) is 4.84. The maximum atomic E-state index is 12.8. The molecule has 0 aliphatic carbocycles. The molecule has 0 saturated carbocycles. The number of aryl methyl sites for hydroxylation is 1. The Morgan fingerprint density at radius 1 is 1.24 bits per heavy atom. The zero-order valence-corrected chi connectivity index (χ0v) is 16.6. The Kier molecular flexibility index (Phi) is 5.05. The van der Waals surface area contributed by atoms with Crippen molar-refractivity contribution in [3.8, 4) is 22.9 Å². The van der Waals surface area contributed by atoms with E-state index in [1.165, 1.54) is 21.4 Å². The number of hydrogen-bond acceptors (Lipinski definition) is 6. The Morgan fingerprint density at radius 2 is 2.03 bits per heavy atom. The first kappa shape index (κ1) is 19.1. The minimum Gasteiger partial charge on any atom is -0.487 e. The molecule has 0 bridgehead atoms. The number of rotatable bonds is 5. The number of benzene rings is 1. The van der Waals surface area contributed by atoms with E-state index in [2.05, 4.69) is 16.2 Å². The number of nitrogens with zero attached hydrogens (tertiary/aromatic N) is 5. The number of sulfonamides is 1. The van der Waals surface area contributed by atoms with E-state index in [0.717, 1.165) is 11.1 Å². The van der Waals surface area contributed by atoms with E-state index in [1.807, 2.05) is 18.2 Å². The van der Waals surface area contributed by atoms with Gasteiger partial charge in [0.05, 0.1) is 18.3 Å². The van der Waals surface area contributed by atoms with Crippen molar-refractivity contribution in [1.29, 1.82) is 5.26 Å². The summed E-state index contributed by atoms with van der Waals surface area (Å²) in [4.78, 5) is 4.19. The minimum atomic E-state index is -3.62. The molecule has 1 aliphatic rings. The monoisotopic (exact) mass is 409 g/mol. The van der Waals surface area contributed by atoms with Crippen LogP contribution >= 0.6 is 0 Å². The number of para-hydroxylation sites is 1. The van der Waals surface area contributed by atoms with Crippen molar-refractivity contribution in [2.24, 2.45) is 7.05 Å². The van der Waals surface area contributed by atoms with Crippen LogP contribution < -0.4 is 4.74 Å². The van der Waals surface area contributed by atoms with Gasteiger partial charge in [0.1, 0.15) is 22.8 Å². The zero-order chi connectivity index (χ0) is 20.4. The number of ether oxygens (including phenoxy) is 1. The largest absolute Gasteiger partial charge is 0.487 e. The smallest absolute Gasteiger partial charge is 0.246 e. The Labute approximate surface area is 169 Å². The standard InChI is InChI=1S/C20H19N5O3S/c1-24-14-18(12-23-24)29(26,27)25-10-7-17(13-25)28-20-16(11-21)3-2-4-19(20)15-5-8-22-9-6-15/h2-6,8-9,12,14,17H,7,10,13H2,1H3. The highest BCUT2D eigenvalue weighted by atomic mass is 32.2. The SMILES string of the molecule is Cn1cc(S(=O)(=O)N2CCC(Oc3c(C#N)cccc3-c3ccncc3)C2)cn1. The average molecular weight is 409 g/mol. The maximum absolute atomic E-state index is 12.8. The lowest BCUT2D eigenvalue weighted by Crippen LogP contribution is -2.31. The number of hydrogen-bond donors (Lipinski definition) is 0. The summed E-state index contributed by atoms with van der Waals surface area (Å²) < 4.78 is 34.7. The van der Waals surface area contributed by atoms with Crippen molar-refractivity contribution in [3.05, 3.63) is 60.7 Å². The summed E-state index contributed by atoms with van der Waals surface area (Å²) in [5.41, 5.74) is 2.07. The molecule has 1 saturated heterocycles. The van der Waals surface area contributed by atoms with Gasteiger partial charge in [-0.1, -0.05) is 12.1 Å². The van der Waals surface area contributed by atoms with Crippen LogP contribution in [0.25, 0.3) is 11.1 Å². The summed E-state index contributed by atoms with van der Waals surface area (Å²) in [6, 6.07) is 11.2. The third kappa shape index (κ3) is 3.72. The van der Waals surface area contributed by atoms with Crippen LogP contribution in [0.15, 0.2) is 60.0 Å². The van der Waals surface area contributed by atoms with Crippen LogP contribution in [0.2, 0.25) is 0 Å². The van der Waals surface area contributed by atoms with Gasteiger partial charge in [0.2, 0.25) is 10.0 Å². The first-order valence-corrected chi connectivity index (χ1v) is 10.5. The van der Waals surface area contributed by atoms with Crippen LogP contribution in [0.5, 0.6) is 5.75 Å². The quantitative estimate of drug-likeness (QED) is 0.640. The summed E-state index contributed by atoms with van der Waals surface area (Å²) >= 11 is 0. The van der Waals surface area contributed by atoms with E-state index in [4.69, 9.17) is 4.74 Å². The van der Waals surface area contributed by atoms with Crippen LogP contribution in [0.3, 0.4) is 0 Å². The second-order valence-electron chi connectivity index (χ2n) is 6.77. The first-order valence-electron chi connectivity index (χ1n) is 9.08. The van der Waals surface area contributed by atoms with Gasteiger partial charge in [-0.05, 0) is 30.2 Å². The lowest BCUT2D eigenvalue weighted by atomic mass is 10.0. The molecular formula is C20H19N5O3S. The molecule has 1 atom stereocenters. The van der Waals surface area contributed by atoms with Crippen molar-refractivity contribution in [2.45, 2.75) is 17.4 Å². The molecule has 0 amide bonds.